The molecule has 0 saturated heterocycles. The van der Waals surface area contributed by atoms with Crippen LogP contribution in [0.5, 0.6) is 23.0 Å². The van der Waals surface area contributed by atoms with Gasteiger partial charge in [-0.25, -0.2) is 4.68 Å². The van der Waals surface area contributed by atoms with Crippen molar-refractivity contribution < 1.29 is 38.0 Å². The van der Waals surface area contributed by atoms with Crippen molar-refractivity contribution in [2.45, 2.75) is 45.8 Å². The normalized spacial score (nSPS) is 11.3. The van der Waals surface area contributed by atoms with Gasteiger partial charge in [-0.3, -0.25) is 9.59 Å². The molecule has 0 aliphatic carbocycles. The Morgan fingerprint density at radius 2 is 1.46 bits per heavy atom. The molecule has 5 aromatic carbocycles. The van der Waals surface area contributed by atoms with E-state index in [9.17, 15) is 14.7 Å². The van der Waals surface area contributed by atoms with E-state index >= 15 is 0 Å². The molecule has 0 fully saturated rings. The molecule has 0 bridgehead atoms. The number of hydrogen-bond donors (Lipinski definition) is 1. The number of nitrogens with zero attached hydrogens (tertiary/aromatic N) is 3. The summed E-state index contributed by atoms with van der Waals surface area (Å²) in [4.78, 5) is 26.1. The second kappa shape index (κ2) is 22.7. The minimum atomic E-state index is -0.239. The lowest BCUT2D eigenvalue weighted by Gasteiger charge is -2.12. The van der Waals surface area contributed by atoms with Gasteiger partial charge >= 0.3 is 0 Å². The number of phenolic OH excluding ortho intramolecular Hbond substituents is 1. The zero-order valence-corrected chi connectivity index (χ0v) is 35.3. The molecule has 0 spiro atoms. The second-order valence-corrected chi connectivity index (χ2v) is 14.7. The van der Waals surface area contributed by atoms with Gasteiger partial charge in [0, 0.05) is 11.8 Å². The summed E-state index contributed by atoms with van der Waals surface area (Å²) < 4.78 is 37.3. The van der Waals surface area contributed by atoms with E-state index in [1.807, 2.05) is 104 Å². The molecule has 0 unspecified atom stereocenters. The van der Waals surface area contributed by atoms with Crippen LogP contribution in [0.25, 0.3) is 28.4 Å². The van der Waals surface area contributed by atoms with Crippen LogP contribution in [-0.4, -0.2) is 65.5 Å². The second-order valence-electron chi connectivity index (χ2n) is 14.7. The number of para-hydroxylation sites is 1. The number of aryl methyl sites for hydroxylation is 2. The molecule has 0 atom stereocenters. The fourth-order valence-electron chi connectivity index (χ4n) is 6.67. The third-order valence-corrected chi connectivity index (χ3v) is 10.2. The molecule has 7 aromatic rings. The highest BCUT2D eigenvalue weighted by atomic mass is 16.5. The zero-order valence-electron chi connectivity index (χ0n) is 35.3. The minimum absolute atomic E-state index is 0.0148. The predicted octanol–water partition coefficient (Wildman–Crippen LogP) is 9.31. The predicted molar refractivity (Wildman–Crippen MR) is 242 cm³/mol. The number of fused-ring (bicyclic) bond motifs is 1. The average Bonchev–Trinajstić information content (AvgIpc) is 3.78. The molecule has 0 amide bonds. The summed E-state index contributed by atoms with van der Waals surface area (Å²) >= 11 is 0. The highest BCUT2D eigenvalue weighted by molar-refractivity contribution is 6.08. The summed E-state index contributed by atoms with van der Waals surface area (Å²) in [5.41, 5.74) is 5.01. The molecule has 0 aliphatic heterocycles. The lowest BCUT2D eigenvalue weighted by Crippen LogP contribution is -2.13. The molecular formula is C51H51N3O9. The average molecular weight is 850 g/mol. The van der Waals surface area contributed by atoms with E-state index in [2.05, 4.69) is 10.3 Å². The summed E-state index contributed by atoms with van der Waals surface area (Å²) in [6.45, 7) is 5.54. The number of allylic oxidation sites excluding steroid dienone is 1. The van der Waals surface area contributed by atoms with Crippen molar-refractivity contribution >= 4 is 22.8 Å². The molecule has 0 saturated carbocycles. The number of ether oxygens (including phenoxy) is 5. The number of unbranched alkanes of at least 4 members (excludes halogenated alkanes) is 1. The van der Waals surface area contributed by atoms with E-state index in [1.54, 1.807) is 41.1 Å². The first-order valence-electron chi connectivity index (χ1n) is 21.2. The molecule has 12 heteroatoms. The molecule has 324 valence electrons. The molecule has 0 radical (unpaired) electrons. The monoisotopic (exact) mass is 849 g/mol. The van der Waals surface area contributed by atoms with Crippen LogP contribution < -0.4 is 19.6 Å². The van der Waals surface area contributed by atoms with Crippen molar-refractivity contribution in [3.05, 3.63) is 172 Å². The fourth-order valence-corrected chi connectivity index (χ4v) is 6.67. The summed E-state index contributed by atoms with van der Waals surface area (Å²) in [5, 5.41) is 19.1. The van der Waals surface area contributed by atoms with Gasteiger partial charge in [-0.1, -0.05) is 78.9 Å². The number of benzene rings is 5. The quantitative estimate of drug-likeness (QED) is 0.0353. The first kappa shape index (κ1) is 44.0. The van der Waals surface area contributed by atoms with Gasteiger partial charge in [-0.15, -0.1) is 5.10 Å². The van der Waals surface area contributed by atoms with Crippen LogP contribution in [0.1, 0.15) is 52.5 Å². The molecule has 0 aliphatic rings. The first-order valence-corrected chi connectivity index (χ1v) is 21.2. The van der Waals surface area contributed by atoms with E-state index in [1.165, 1.54) is 6.08 Å². The number of hydrogen-bond acceptors (Lipinski definition) is 11. The van der Waals surface area contributed by atoms with Crippen molar-refractivity contribution in [2.24, 2.45) is 0 Å². The van der Waals surface area contributed by atoms with Gasteiger partial charge in [-0.2, -0.15) is 0 Å². The van der Waals surface area contributed by atoms with Crippen LogP contribution >= 0.6 is 0 Å². The Balaban J connectivity index is 0.738. The summed E-state index contributed by atoms with van der Waals surface area (Å²) in [6.07, 6.45) is 8.51. The number of ketones is 1. The van der Waals surface area contributed by atoms with E-state index in [0.29, 0.717) is 79.8 Å². The zero-order chi connectivity index (χ0) is 43.6. The van der Waals surface area contributed by atoms with Crippen molar-refractivity contribution in [1.82, 2.24) is 15.0 Å². The van der Waals surface area contributed by atoms with Gasteiger partial charge in [0.05, 0.1) is 56.2 Å². The van der Waals surface area contributed by atoms with E-state index in [-0.39, 0.29) is 29.3 Å². The van der Waals surface area contributed by atoms with Crippen molar-refractivity contribution in [2.75, 3.05) is 39.6 Å². The molecule has 12 nitrogen and oxygen atoms in total. The van der Waals surface area contributed by atoms with Crippen molar-refractivity contribution in [3.63, 3.8) is 0 Å². The van der Waals surface area contributed by atoms with E-state index < -0.39 is 0 Å². The number of phenols is 1. The Bertz CT molecular complexity index is 2620. The topological polar surface area (TPSA) is 144 Å². The molecule has 63 heavy (non-hydrogen) atoms. The molecule has 2 heterocycles. The lowest BCUT2D eigenvalue weighted by molar-refractivity contribution is 0.0333. The third kappa shape index (κ3) is 12.8. The Morgan fingerprint density at radius 1 is 0.746 bits per heavy atom. The van der Waals surface area contributed by atoms with Crippen LogP contribution in [-0.2, 0) is 35.5 Å². The largest absolute Gasteiger partial charge is 0.507 e. The minimum Gasteiger partial charge on any atom is -0.507 e. The van der Waals surface area contributed by atoms with Gasteiger partial charge in [0.1, 0.15) is 36.0 Å². The van der Waals surface area contributed by atoms with E-state index in [4.69, 9.17) is 28.1 Å². The smallest absolute Gasteiger partial charge is 0.235 e. The molecular weight excluding hydrogens is 799 g/mol. The number of aromatic nitrogens is 3. The van der Waals surface area contributed by atoms with Crippen LogP contribution in [0, 0.1) is 0 Å². The van der Waals surface area contributed by atoms with E-state index in [0.717, 1.165) is 53.8 Å². The first-order chi connectivity index (χ1) is 30.9. The van der Waals surface area contributed by atoms with Crippen LogP contribution in [0.15, 0.2) is 143 Å². The number of carbonyl (C=O) groups is 1. The van der Waals surface area contributed by atoms with Crippen LogP contribution in [0.4, 0.5) is 0 Å². The number of aromatic hydroxyl groups is 1. The SMILES string of the molecule is CCc1ccc(O)c(C(=O)/C=C/c2ccc(OCCCCc3cn(CCOCCOCCOc4ccc(-c5oc6ccccc6c(=O)c5OCc5ccccc5)cc4)nn3)cc2)c1. The maximum atomic E-state index is 13.5. The number of carbonyl (C=O) groups excluding carboxylic acids is 1. The molecule has 7 rings (SSSR count). The standard InChI is InChI=1S/C51H51N3O9/c1-2-37-17-25-46(55)45(34-37)47(56)26-18-38-15-21-42(22-16-38)60-28-9-8-12-41-35-54(53-52-41)27-29-58-30-31-59-32-33-61-43-23-19-40(20-24-43)50-51(62-36-39-10-4-3-5-11-39)49(57)44-13-6-7-14-48(44)63-50/h3-7,10-11,13-26,34-35,55H,2,8-9,12,27-33,36H2,1H3/b26-18+. The maximum absolute atomic E-state index is 13.5. The van der Waals surface area contributed by atoms with Crippen LogP contribution in [0.3, 0.4) is 0 Å². The molecule has 2 aromatic heterocycles. The van der Waals surface area contributed by atoms with Gasteiger partial charge in [0.25, 0.3) is 0 Å². The highest BCUT2D eigenvalue weighted by Gasteiger charge is 2.18. The van der Waals surface area contributed by atoms with Crippen molar-refractivity contribution in [3.8, 4) is 34.3 Å². The fraction of sp³-hybridized carbons (Fsp3) is 0.255. The van der Waals surface area contributed by atoms with Crippen molar-refractivity contribution in [1.29, 1.82) is 0 Å². The van der Waals surface area contributed by atoms with Gasteiger partial charge < -0.3 is 33.2 Å². The maximum Gasteiger partial charge on any atom is 0.235 e. The summed E-state index contributed by atoms with van der Waals surface area (Å²) in [5.74, 6) is 1.70. The van der Waals surface area contributed by atoms with Crippen LogP contribution in [0.2, 0.25) is 0 Å². The summed E-state index contributed by atoms with van der Waals surface area (Å²) in [7, 11) is 0. The van der Waals surface area contributed by atoms with Gasteiger partial charge in [0.2, 0.25) is 11.2 Å². The Labute approximate surface area is 366 Å². The van der Waals surface area contributed by atoms with Gasteiger partial charge in [-0.05, 0) is 109 Å². The summed E-state index contributed by atoms with van der Waals surface area (Å²) in [6, 6.07) is 36.9. The molecule has 1 N–H and O–H groups in total. The number of rotatable bonds is 24. The lowest BCUT2D eigenvalue weighted by atomic mass is 10.0. The van der Waals surface area contributed by atoms with Gasteiger partial charge in [0.15, 0.2) is 11.5 Å². The Kier molecular flexibility index (Phi) is 15.9. The Morgan fingerprint density at radius 3 is 2.25 bits per heavy atom. The Hall–Kier alpha value is -7.02. The third-order valence-electron chi connectivity index (χ3n) is 10.2. The highest BCUT2D eigenvalue weighted by Crippen LogP contribution is 2.32.